The van der Waals surface area contributed by atoms with E-state index in [9.17, 15) is 4.79 Å². The van der Waals surface area contributed by atoms with Crippen molar-refractivity contribution in [1.82, 2.24) is 9.97 Å². The second kappa shape index (κ2) is 5.35. The van der Waals surface area contributed by atoms with Crippen LogP contribution in [0, 0.1) is 0 Å². The first-order valence-electron chi connectivity index (χ1n) is 7.46. The Bertz CT molecular complexity index is 893. The molecule has 0 unspecified atom stereocenters. The SMILES string of the molecule is COc1ccc2cc3c(nc2c1)N(C(=O)c1ccncc1)CC3. The van der Waals surface area contributed by atoms with Gasteiger partial charge in [0.1, 0.15) is 11.6 Å². The lowest BCUT2D eigenvalue weighted by molar-refractivity contribution is 0.0988. The van der Waals surface area contributed by atoms with Crippen molar-refractivity contribution in [2.45, 2.75) is 6.42 Å². The zero-order valence-corrected chi connectivity index (χ0v) is 12.7. The van der Waals surface area contributed by atoms with Gasteiger partial charge < -0.3 is 4.74 Å². The van der Waals surface area contributed by atoms with Crippen LogP contribution in [0.25, 0.3) is 10.9 Å². The summed E-state index contributed by atoms with van der Waals surface area (Å²) in [6, 6.07) is 11.4. The Morgan fingerprint density at radius 3 is 2.78 bits per heavy atom. The quantitative estimate of drug-likeness (QED) is 0.730. The van der Waals surface area contributed by atoms with Crippen molar-refractivity contribution in [2.24, 2.45) is 0 Å². The second-order valence-electron chi connectivity index (χ2n) is 5.47. The smallest absolute Gasteiger partial charge is 0.259 e. The lowest BCUT2D eigenvalue weighted by Gasteiger charge is -2.16. The van der Waals surface area contributed by atoms with Crippen molar-refractivity contribution in [3.8, 4) is 5.75 Å². The number of carbonyl (C=O) groups is 1. The second-order valence-corrected chi connectivity index (χ2v) is 5.47. The Balaban J connectivity index is 1.78. The molecule has 0 radical (unpaired) electrons. The molecule has 0 spiro atoms. The molecule has 1 aliphatic heterocycles. The average Bonchev–Trinajstić information content (AvgIpc) is 3.02. The Hall–Kier alpha value is -2.95. The summed E-state index contributed by atoms with van der Waals surface area (Å²) >= 11 is 0. The van der Waals surface area contributed by atoms with Gasteiger partial charge in [0.2, 0.25) is 0 Å². The average molecular weight is 305 g/mol. The molecule has 0 saturated carbocycles. The Morgan fingerprint density at radius 2 is 2.00 bits per heavy atom. The molecule has 0 atom stereocenters. The highest BCUT2D eigenvalue weighted by Crippen LogP contribution is 2.31. The fourth-order valence-corrected chi connectivity index (χ4v) is 2.91. The molecule has 5 nitrogen and oxygen atoms in total. The molecule has 5 heteroatoms. The molecule has 0 fully saturated rings. The number of carbonyl (C=O) groups excluding carboxylic acids is 1. The maximum Gasteiger partial charge on any atom is 0.259 e. The van der Waals surface area contributed by atoms with Gasteiger partial charge in [0.15, 0.2) is 0 Å². The standard InChI is InChI=1S/C18H15N3O2/c1-23-15-3-2-13-10-14-6-9-21(17(14)20-16(13)11-15)18(22)12-4-7-19-8-5-12/h2-5,7-8,10-11H,6,9H2,1H3. The topological polar surface area (TPSA) is 55.3 Å². The number of aromatic nitrogens is 2. The minimum atomic E-state index is -0.0408. The van der Waals surface area contributed by atoms with Crippen LogP contribution in [0.3, 0.4) is 0 Å². The van der Waals surface area contributed by atoms with Gasteiger partial charge in [-0.25, -0.2) is 4.98 Å². The predicted molar refractivity (Wildman–Crippen MR) is 87.9 cm³/mol. The zero-order chi connectivity index (χ0) is 15.8. The molecule has 23 heavy (non-hydrogen) atoms. The van der Waals surface area contributed by atoms with E-state index in [4.69, 9.17) is 9.72 Å². The van der Waals surface area contributed by atoms with Crippen molar-refractivity contribution in [2.75, 3.05) is 18.6 Å². The van der Waals surface area contributed by atoms with E-state index in [1.54, 1.807) is 36.5 Å². The van der Waals surface area contributed by atoms with Crippen LogP contribution in [0.15, 0.2) is 48.8 Å². The summed E-state index contributed by atoms with van der Waals surface area (Å²) in [4.78, 5) is 23.1. The number of amides is 1. The van der Waals surface area contributed by atoms with E-state index in [2.05, 4.69) is 11.1 Å². The maximum atomic E-state index is 12.7. The maximum absolute atomic E-state index is 12.7. The van der Waals surface area contributed by atoms with E-state index in [1.165, 1.54) is 0 Å². The summed E-state index contributed by atoms with van der Waals surface area (Å²) in [5.74, 6) is 1.46. The lowest BCUT2D eigenvalue weighted by atomic mass is 10.1. The first kappa shape index (κ1) is 13.7. The van der Waals surface area contributed by atoms with E-state index in [0.717, 1.165) is 34.5 Å². The van der Waals surface area contributed by atoms with Gasteiger partial charge in [-0.1, -0.05) is 0 Å². The van der Waals surface area contributed by atoms with Gasteiger partial charge in [-0.2, -0.15) is 0 Å². The molecular formula is C18H15N3O2. The lowest BCUT2D eigenvalue weighted by Crippen LogP contribution is -2.29. The first-order chi connectivity index (χ1) is 11.3. The summed E-state index contributed by atoms with van der Waals surface area (Å²) in [6.45, 7) is 0.650. The molecule has 3 heterocycles. The number of hydrogen-bond donors (Lipinski definition) is 0. The third-order valence-electron chi connectivity index (χ3n) is 4.11. The summed E-state index contributed by atoms with van der Waals surface area (Å²) in [7, 11) is 1.63. The van der Waals surface area contributed by atoms with E-state index >= 15 is 0 Å². The predicted octanol–water partition coefficient (Wildman–Crippen LogP) is 2.84. The highest BCUT2D eigenvalue weighted by atomic mass is 16.5. The molecular weight excluding hydrogens is 290 g/mol. The summed E-state index contributed by atoms with van der Waals surface area (Å²) < 4.78 is 5.26. The third kappa shape index (κ3) is 2.30. The summed E-state index contributed by atoms with van der Waals surface area (Å²) in [6.07, 6.45) is 4.08. The van der Waals surface area contributed by atoms with Crippen molar-refractivity contribution < 1.29 is 9.53 Å². The normalized spacial score (nSPS) is 13.2. The van der Waals surface area contributed by atoms with Crippen LogP contribution in [-0.2, 0) is 6.42 Å². The molecule has 1 amide bonds. The van der Waals surface area contributed by atoms with Crippen LogP contribution in [0.5, 0.6) is 5.75 Å². The van der Waals surface area contributed by atoms with Crippen LogP contribution in [-0.4, -0.2) is 29.5 Å². The number of anilines is 1. The van der Waals surface area contributed by atoms with Crippen molar-refractivity contribution >= 4 is 22.6 Å². The molecule has 2 aromatic heterocycles. The molecule has 1 aliphatic rings. The minimum Gasteiger partial charge on any atom is -0.497 e. The van der Waals surface area contributed by atoms with Crippen LogP contribution in [0.4, 0.5) is 5.82 Å². The fraction of sp³-hybridized carbons (Fsp3) is 0.167. The molecule has 0 aliphatic carbocycles. The van der Waals surface area contributed by atoms with E-state index in [0.29, 0.717) is 12.1 Å². The highest BCUT2D eigenvalue weighted by Gasteiger charge is 2.27. The number of fused-ring (bicyclic) bond motifs is 2. The molecule has 114 valence electrons. The molecule has 0 N–H and O–H groups in total. The molecule has 4 rings (SSSR count). The number of hydrogen-bond acceptors (Lipinski definition) is 4. The number of ether oxygens (including phenoxy) is 1. The van der Waals surface area contributed by atoms with Gasteiger partial charge in [-0.05, 0) is 42.3 Å². The van der Waals surface area contributed by atoms with Gasteiger partial charge in [0.05, 0.1) is 12.6 Å². The van der Waals surface area contributed by atoms with Crippen molar-refractivity contribution in [1.29, 1.82) is 0 Å². The first-order valence-corrected chi connectivity index (χ1v) is 7.46. The van der Waals surface area contributed by atoms with E-state index < -0.39 is 0 Å². The molecule has 0 saturated heterocycles. The van der Waals surface area contributed by atoms with E-state index in [-0.39, 0.29) is 5.91 Å². The molecule has 1 aromatic carbocycles. The highest BCUT2D eigenvalue weighted by molar-refractivity contribution is 6.07. The van der Waals surface area contributed by atoms with Gasteiger partial charge >= 0.3 is 0 Å². The summed E-state index contributed by atoms with van der Waals surface area (Å²) in [5.41, 5.74) is 2.56. The van der Waals surface area contributed by atoms with E-state index in [1.807, 2.05) is 18.2 Å². The van der Waals surface area contributed by atoms with Gasteiger partial charge in [0, 0.05) is 36.0 Å². The van der Waals surface area contributed by atoms with Crippen LogP contribution < -0.4 is 9.64 Å². The number of pyridine rings is 2. The third-order valence-corrected chi connectivity index (χ3v) is 4.11. The Kier molecular flexibility index (Phi) is 3.19. The largest absolute Gasteiger partial charge is 0.497 e. The molecule has 3 aromatic rings. The Labute approximate surface area is 133 Å². The van der Waals surface area contributed by atoms with Gasteiger partial charge in [-0.15, -0.1) is 0 Å². The number of methoxy groups -OCH3 is 1. The Morgan fingerprint density at radius 1 is 1.17 bits per heavy atom. The number of rotatable bonds is 2. The van der Waals surface area contributed by atoms with Crippen LogP contribution in [0.1, 0.15) is 15.9 Å². The van der Waals surface area contributed by atoms with Crippen molar-refractivity contribution in [3.63, 3.8) is 0 Å². The molecule has 0 bridgehead atoms. The number of nitrogens with zero attached hydrogens (tertiary/aromatic N) is 3. The van der Waals surface area contributed by atoms with Crippen LogP contribution >= 0.6 is 0 Å². The zero-order valence-electron chi connectivity index (χ0n) is 12.7. The fourth-order valence-electron chi connectivity index (χ4n) is 2.91. The van der Waals surface area contributed by atoms with Gasteiger partial charge in [0.25, 0.3) is 5.91 Å². The number of benzene rings is 1. The van der Waals surface area contributed by atoms with Crippen LogP contribution in [0.2, 0.25) is 0 Å². The monoisotopic (exact) mass is 305 g/mol. The summed E-state index contributed by atoms with van der Waals surface area (Å²) in [5, 5.41) is 1.06. The van der Waals surface area contributed by atoms with Crippen molar-refractivity contribution in [3.05, 3.63) is 59.9 Å². The minimum absolute atomic E-state index is 0.0408. The van der Waals surface area contributed by atoms with Gasteiger partial charge in [-0.3, -0.25) is 14.7 Å².